The Labute approximate surface area is 64.3 Å². The van der Waals surface area contributed by atoms with E-state index in [1.54, 1.807) is 0 Å². The average molecular weight is 141 g/mol. The maximum absolute atomic E-state index is 5.49. The van der Waals surface area contributed by atoms with Crippen LogP contribution in [0.25, 0.3) is 0 Å². The lowest BCUT2D eigenvalue weighted by Gasteiger charge is -2.07. The van der Waals surface area contributed by atoms with Gasteiger partial charge < -0.3 is 5.73 Å². The maximum atomic E-state index is 5.49. The molecular weight excluding hydrogens is 122 g/mol. The zero-order valence-corrected chi connectivity index (χ0v) is 6.97. The van der Waals surface area contributed by atoms with Crippen LogP contribution in [0.1, 0.15) is 32.6 Å². The fourth-order valence-electron chi connectivity index (χ4n) is 0.988. The average Bonchev–Trinajstić information content (AvgIpc) is 1.99. The predicted octanol–water partition coefficient (Wildman–Crippen LogP) is 2.33. The van der Waals surface area contributed by atoms with Crippen molar-refractivity contribution >= 4 is 0 Å². The van der Waals surface area contributed by atoms with Crippen LogP contribution in [0.3, 0.4) is 0 Å². The highest BCUT2D eigenvalue weighted by molar-refractivity contribution is 4.79. The Morgan fingerprint density at radius 2 is 2.20 bits per heavy atom. The lowest BCUT2D eigenvalue weighted by Crippen LogP contribution is -2.11. The van der Waals surface area contributed by atoms with Gasteiger partial charge in [0.15, 0.2) is 0 Å². The second-order valence-corrected chi connectivity index (χ2v) is 2.73. The molecule has 0 aliphatic carbocycles. The molecule has 0 radical (unpaired) electrons. The van der Waals surface area contributed by atoms with E-state index in [1.165, 1.54) is 25.7 Å². The summed E-state index contributed by atoms with van der Waals surface area (Å²) in [6.45, 7) is 6.70. The van der Waals surface area contributed by atoms with E-state index < -0.39 is 0 Å². The third-order valence-electron chi connectivity index (χ3n) is 1.81. The Kier molecular flexibility index (Phi) is 6.61. The molecule has 0 aromatic carbocycles. The summed E-state index contributed by atoms with van der Waals surface area (Å²) in [6, 6.07) is 0. The normalized spacial score (nSPS) is 13.0. The smallest absolute Gasteiger partial charge is 0.00143 e. The van der Waals surface area contributed by atoms with Gasteiger partial charge >= 0.3 is 0 Å². The van der Waals surface area contributed by atoms with Gasteiger partial charge in [-0.15, -0.1) is 6.58 Å². The summed E-state index contributed by atoms with van der Waals surface area (Å²) in [4.78, 5) is 0. The topological polar surface area (TPSA) is 26.0 Å². The van der Waals surface area contributed by atoms with Crippen LogP contribution in [-0.4, -0.2) is 6.54 Å². The summed E-state index contributed by atoms with van der Waals surface area (Å²) in [6.07, 6.45) is 7.09. The first kappa shape index (κ1) is 9.70. The van der Waals surface area contributed by atoms with Gasteiger partial charge in [-0.2, -0.15) is 0 Å². The van der Waals surface area contributed by atoms with Crippen molar-refractivity contribution in [3.05, 3.63) is 12.7 Å². The SMILES string of the molecule is C=C[C@H](CN)CCCCC. The summed E-state index contributed by atoms with van der Waals surface area (Å²) in [5.41, 5.74) is 5.49. The van der Waals surface area contributed by atoms with Gasteiger partial charge in [-0.25, -0.2) is 0 Å². The molecule has 0 saturated heterocycles. The molecule has 0 aromatic heterocycles. The first-order valence-electron chi connectivity index (χ1n) is 4.17. The van der Waals surface area contributed by atoms with Crippen molar-refractivity contribution in [2.24, 2.45) is 11.7 Å². The summed E-state index contributed by atoms with van der Waals surface area (Å²) in [5.74, 6) is 0.548. The third-order valence-corrected chi connectivity index (χ3v) is 1.81. The van der Waals surface area contributed by atoms with Crippen LogP contribution in [0.5, 0.6) is 0 Å². The van der Waals surface area contributed by atoms with E-state index in [0.717, 1.165) is 6.54 Å². The molecule has 0 amide bonds. The molecule has 0 spiro atoms. The molecule has 1 heteroatoms. The van der Waals surface area contributed by atoms with Crippen molar-refractivity contribution in [2.75, 3.05) is 6.54 Å². The molecule has 0 fully saturated rings. The van der Waals surface area contributed by atoms with Crippen LogP contribution in [0.15, 0.2) is 12.7 Å². The summed E-state index contributed by atoms with van der Waals surface area (Å²) >= 11 is 0. The van der Waals surface area contributed by atoms with Gasteiger partial charge in [0, 0.05) is 0 Å². The molecule has 1 atom stereocenters. The van der Waals surface area contributed by atoms with Crippen LogP contribution in [0, 0.1) is 5.92 Å². The monoisotopic (exact) mass is 141 g/mol. The molecule has 10 heavy (non-hydrogen) atoms. The quantitative estimate of drug-likeness (QED) is 0.446. The number of rotatable bonds is 6. The van der Waals surface area contributed by atoms with Crippen LogP contribution in [0.2, 0.25) is 0 Å². The van der Waals surface area contributed by atoms with Crippen molar-refractivity contribution in [2.45, 2.75) is 32.6 Å². The minimum absolute atomic E-state index is 0.548. The van der Waals surface area contributed by atoms with Crippen molar-refractivity contribution in [1.29, 1.82) is 0 Å². The van der Waals surface area contributed by atoms with E-state index >= 15 is 0 Å². The Hall–Kier alpha value is -0.300. The molecule has 2 N–H and O–H groups in total. The first-order valence-corrected chi connectivity index (χ1v) is 4.17. The van der Waals surface area contributed by atoms with Crippen molar-refractivity contribution in [3.8, 4) is 0 Å². The largest absolute Gasteiger partial charge is 0.330 e. The van der Waals surface area contributed by atoms with Crippen molar-refractivity contribution in [1.82, 2.24) is 0 Å². The van der Waals surface area contributed by atoms with E-state index in [0.29, 0.717) is 5.92 Å². The van der Waals surface area contributed by atoms with Gasteiger partial charge in [-0.3, -0.25) is 0 Å². The minimum Gasteiger partial charge on any atom is -0.330 e. The highest BCUT2D eigenvalue weighted by Crippen LogP contribution is 2.08. The van der Waals surface area contributed by atoms with Crippen LogP contribution < -0.4 is 5.73 Å². The number of unbranched alkanes of at least 4 members (excludes halogenated alkanes) is 2. The summed E-state index contributed by atoms with van der Waals surface area (Å²) in [7, 11) is 0. The molecule has 0 aliphatic heterocycles. The van der Waals surface area contributed by atoms with Gasteiger partial charge in [0.1, 0.15) is 0 Å². The number of nitrogens with two attached hydrogens (primary N) is 1. The molecule has 0 heterocycles. The molecule has 0 rings (SSSR count). The fraction of sp³-hybridized carbons (Fsp3) is 0.778. The Morgan fingerprint density at radius 1 is 1.50 bits per heavy atom. The molecule has 0 bridgehead atoms. The fourth-order valence-corrected chi connectivity index (χ4v) is 0.988. The van der Waals surface area contributed by atoms with E-state index in [2.05, 4.69) is 13.5 Å². The van der Waals surface area contributed by atoms with Crippen LogP contribution in [0.4, 0.5) is 0 Å². The number of hydrogen-bond donors (Lipinski definition) is 1. The Morgan fingerprint density at radius 3 is 2.60 bits per heavy atom. The predicted molar refractivity (Wildman–Crippen MR) is 46.9 cm³/mol. The van der Waals surface area contributed by atoms with Gasteiger partial charge in [0.25, 0.3) is 0 Å². The van der Waals surface area contributed by atoms with Crippen molar-refractivity contribution < 1.29 is 0 Å². The molecule has 0 aliphatic rings. The molecule has 0 unspecified atom stereocenters. The second kappa shape index (κ2) is 6.81. The molecule has 0 aromatic rings. The van der Waals surface area contributed by atoms with E-state index in [1.807, 2.05) is 6.08 Å². The minimum atomic E-state index is 0.548. The lowest BCUT2D eigenvalue weighted by atomic mass is 10.0. The van der Waals surface area contributed by atoms with E-state index in [9.17, 15) is 0 Å². The summed E-state index contributed by atoms with van der Waals surface area (Å²) < 4.78 is 0. The zero-order valence-electron chi connectivity index (χ0n) is 6.97. The molecule has 60 valence electrons. The third kappa shape index (κ3) is 4.57. The zero-order chi connectivity index (χ0) is 7.82. The molecular formula is C9H19N. The Bertz CT molecular complexity index is 78.8. The van der Waals surface area contributed by atoms with Crippen LogP contribution >= 0.6 is 0 Å². The van der Waals surface area contributed by atoms with Gasteiger partial charge in [-0.1, -0.05) is 32.3 Å². The summed E-state index contributed by atoms with van der Waals surface area (Å²) in [5, 5.41) is 0. The molecule has 0 saturated carbocycles. The standard InChI is InChI=1S/C9H19N/c1-3-5-6-7-9(4-2)8-10/h4,9H,2-3,5-8,10H2,1H3/t9-/m0/s1. The van der Waals surface area contributed by atoms with Gasteiger partial charge in [0.05, 0.1) is 0 Å². The highest BCUT2D eigenvalue weighted by Gasteiger charge is 1.98. The van der Waals surface area contributed by atoms with Gasteiger partial charge in [0.2, 0.25) is 0 Å². The van der Waals surface area contributed by atoms with Crippen LogP contribution in [-0.2, 0) is 0 Å². The second-order valence-electron chi connectivity index (χ2n) is 2.73. The van der Waals surface area contributed by atoms with E-state index in [4.69, 9.17) is 5.73 Å². The van der Waals surface area contributed by atoms with Crippen molar-refractivity contribution in [3.63, 3.8) is 0 Å². The molecule has 1 nitrogen and oxygen atoms in total. The first-order chi connectivity index (χ1) is 4.85. The maximum Gasteiger partial charge on any atom is -0.00143 e. The lowest BCUT2D eigenvalue weighted by molar-refractivity contribution is 0.548. The Balaban J connectivity index is 3.17. The highest BCUT2D eigenvalue weighted by atomic mass is 14.5. The van der Waals surface area contributed by atoms with E-state index in [-0.39, 0.29) is 0 Å². The number of hydrogen-bond acceptors (Lipinski definition) is 1. The van der Waals surface area contributed by atoms with Gasteiger partial charge in [-0.05, 0) is 18.9 Å².